The first-order chi connectivity index (χ1) is 9.38. The van der Waals surface area contributed by atoms with Crippen molar-refractivity contribution in [1.82, 2.24) is 0 Å². The van der Waals surface area contributed by atoms with Crippen LogP contribution in [0.4, 0.5) is 10.1 Å². The van der Waals surface area contributed by atoms with Gasteiger partial charge >= 0.3 is 11.9 Å². The summed E-state index contributed by atoms with van der Waals surface area (Å²) in [6, 6.07) is 7.15. The highest BCUT2D eigenvalue weighted by Crippen LogP contribution is 2.27. The molecule has 0 aliphatic rings. The first-order valence-corrected chi connectivity index (χ1v) is 5.55. The fraction of sp³-hybridized carbons (Fsp3) is 0. The van der Waals surface area contributed by atoms with E-state index in [-0.39, 0.29) is 27.9 Å². The molecule has 4 N–H and O–H groups in total. The molecule has 0 unspecified atom stereocenters. The molecular weight excluding hydrogens is 265 g/mol. The number of anilines is 1. The third kappa shape index (κ3) is 2.59. The lowest BCUT2D eigenvalue weighted by Crippen LogP contribution is -2.01. The van der Waals surface area contributed by atoms with Gasteiger partial charge < -0.3 is 15.9 Å². The smallest absolute Gasteiger partial charge is 0.335 e. The number of hydrogen-bond acceptors (Lipinski definition) is 3. The van der Waals surface area contributed by atoms with Gasteiger partial charge in [-0.25, -0.2) is 14.0 Å². The number of halogens is 1. The highest BCUT2D eigenvalue weighted by molar-refractivity contribution is 5.92. The summed E-state index contributed by atoms with van der Waals surface area (Å²) in [7, 11) is 0. The van der Waals surface area contributed by atoms with Crippen molar-refractivity contribution < 1.29 is 24.2 Å². The van der Waals surface area contributed by atoms with E-state index in [4.69, 9.17) is 15.9 Å². The Morgan fingerprint density at radius 2 is 1.60 bits per heavy atom. The van der Waals surface area contributed by atoms with Crippen molar-refractivity contribution in [3.8, 4) is 11.1 Å². The molecule has 0 spiro atoms. The summed E-state index contributed by atoms with van der Waals surface area (Å²) in [6.07, 6.45) is 0. The Morgan fingerprint density at radius 1 is 0.950 bits per heavy atom. The van der Waals surface area contributed by atoms with Gasteiger partial charge in [0, 0.05) is 11.3 Å². The number of rotatable bonds is 3. The molecule has 0 aliphatic carbocycles. The first-order valence-electron chi connectivity index (χ1n) is 5.55. The average molecular weight is 275 g/mol. The average Bonchev–Trinajstić information content (AvgIpc) is 2.38. The molecule has 0 atom stereocenters. The lowest BCUT2D eigenvalue weighted by molar-refractivity contribution is 0.0686. The predicted octanol–water partition coefficient (Wildman–Crippen LogP) is 2.47. The number of carboxylic acids is 2. The number of aromatic carboxylic acids is 2. The van der Waals surface area contributed by atoms with Crippen molar-refractivity contribution in [2.24, 2.45) is 0 Å². The molecule has 102 valence electrons. The highest BCUT2D eigenvalue weighted by Gasteiger charge is 2.13. The Balaban J connectivity index is 2.64. The Bertz CT molecular complexity index is 712. The monoisotopic (exact) mass is 275 g/mol. The van der Waals surface area contributed by atoms with Crippen LogP contribution in [0.15, 0.2) is 36.4 Å². The topological polar surface area (TPSA) is 101 Å². The van der Waals surface area contributed by atoms with E-state index in [1.54, 1.807) is 0 Å². The van der Waals surface area contributed by atoms with Crippen molar-refractivity contribution >= 4 is 17.6 Å². The zero-order valence-electron chi connectivity index (χ0n) is 10.1. The number of nitrogens with two attached hydrogens (primary N) is 1. The standard InChI is InChI=1S/C14H10FNO4/c15-12-2-1-7(13(17)18)6-11(12)8-3-9(14(19)20)5-10(16)4-8/h1-6H,16H2,(H,17,18)(H,19,20). The lowest BCUT2D eigenvalue weighted by atomic mass is 9.99. The van der Waals surface area contributed by atoms with Crippen LogP contribution in [0.2, 0.25) is 0 Å². The van der Waals surface area contributed by atoms with E-state index in [9.17, 15) is 14.0 Å². The SMILES string of the molecule is Nc1cc(C(=O)O)cc(-c2cc(C(=O)O)ccc2F)c1. The predicted molar refractivity (Wildman–Crippen MR) is 70.2 cm³/mol. The molecule has 6 heteroatoms. The molecule has 5 nitrogen and oxygen atoms in total. The minimum absolute atomic E-state index is 0.0142. The molecule has 2 aromatic carbocycles. The lowest BCUT2D eigenvalue weighted by Gasteiger charge is -2.07. The van der Waals surface area contributed by atoms with E-state index >= 15 is 0 Å². The summed E-state index contributed by atoms with van der Waals surface area (Å²) >= 11 is 0. The van der Waals surface area contributed by atoms with Crippen LogP contribution < -0.4 is 5.73 Å². The van der Waals surface area contributed by atoms with E-state index in [2.05, 4.69) is 0 Å². The van der Waals surface area contributed by atoms with Gasteiger partial charge in [-0.3, -0.25) is 0 Å². The van der Waals surface area contributed by atoms with Gasteiger partial charge in [-0.15, -0.1) is 0 Å². The Kier molecular flexibility index (Phi) is 3.39. The summed E-state index contributed by atoms with van der Waals surface area (Å²) < 4.78 is 13.8. The van der Waals surface area contributed by atoms with Crippen molar-refractivity contribution in [2.75, 3.05) is 5.73 Å². The maximum atomic E-state index is 13.8. The number of nitrogen functional groups attached to an aromatic ring is 1. The summed E-state index contributed by atoms with van der Waals surface area (Å²) in [5, 5.41) is 17.9. The van der Waals surface area contributed by atoms with Gasteiger partial charge in [-0.05, 0) is 42.0 Å². The molecule has 0 fully saturated rings. The van der Waals surface area contributed by atoms with Crippen LogP contribution >= 0.6 is 0 Å². The molecule has 0 aromatic heterocycles. The molecule has 0 radical (unpaired) electrons. The molecule has 0 saturated heterocycles. The Labute approximate surface area is 113 Å². The molecule has 0 heterocycles. The summed E-state index contributed by atoms with van der Waals surface area (Å²) in [5.74, 6) is -3.06. The molecule has 2 aromatic rings. The van der Waals surface area contributed by atoms with E-state index in [1.165, 1.54) is 18.2 Å². The zero-order chi connectivity index (χ0) is 14.9. The van der Waals surface area contributed by atoms with Crippen LogP contribution in [0.1, 0.15) is 20.7 Å². The fourth-order valence-corrected chi connectivity index (χ4v) is 1.81. The van der Waals surface area contributed by atoms with Gasteiger partial charge in [0.2, 0.25) is 0 Å². The van der Waals surface area contributed by atoms with Gasteiger partial charge in [0.15, 0.2) is 0 Å². The minimum atomic E-state index is -1.20. The zero-order valence-corrected chi connectivity index (χ0v) is 10.1. The van der Waals surface area contributed by atoms with Crippen LogP contribution in [0, 0.1) is 5.82 Å². The number of hydrogen-bond donors (Lipinski definition) is 3. The molecule has 0 bridgehead atoms. The second kappa shape index (κ2) is 5.00. The largest absolute Gasteiger partial charge is 0.478 e. The number of carbonyl (C=O) groups is 2. The molecular formula is C14H10FNO4. The van der Waals surface area contributed by atoms with Crippen LogP contribution in [-0.4, -0.2) is 22.2 Å². The van der Waals surface area contributed by atoms with E-state index in [0.717, 1.165) is 18.2 Å². The van der Waals surface area contributed by atoms with Gasteiger partial charge in [0.25, 0.3) is 0 Å². The summed E-state index contributed by atoms with van der Waals surface area (Å²) in [4.78, 5) is 21.8. The number of carboxylic acid groups (broad SMARTS) is 2. The fourth-order valence-electron chi connectivity index (χ4n) is 1.81. The van der Waals surface area contributed by atoms with E-state index in [1.807, 2.05) is 0 Å². The summed E-state index contributed by atoms with van der Waals surface area (Å²) in [6.45, 7) is 0. The van der Waals surface area contributed by atoms with Gasteiger partial charge in [-0.2, -0.15) is 0 Å². The van der Waals surface area contributed by atoms with E-state index < -0.39 is 17.8 Å². The second-order valence-electron chi connectivity index (χ2n) is 4.15. The third-order valence-corrected chi connectivity index (χ3v) is 2.73. The van der Waals surface area contributed by atoms with Crippen LogP contribution in [-0.2, 0) is 0 Å². The van der Waals surface area contributed by atoms with Crippen LogP contribution in [0.3, 0.4) is 0 Å². The van der Waals surface area contributed by atoms with Crippen molar-refractivity contribution in [3.63, 3.8) is 0 Å². The quantitative estimate of drug-likeness (QED) is 0.747. The highest BCUT2D eigenvalue weighted by atomic mass is 19.1. The normalized spacial score (nSPS) is 10.2. The molecule has 0 aliphatic heterocycles. The minimum Gasteiger partial charge on any atom is -0.478 e. The second-order valence-corrected chi connectivity index (χ2v) is 4.15. The van der Waals surface area contributed by atoms with Crippen molar-refractivity contribution in [2.45, 2.75) is 0 Å². The number of benzene rings is 2. The maximum absolute atomic E-state index is 13.8. The molecule has 0 amide bonds. The molecule has 0 saturated carbocycles. The third-order valence-electron chi connectivity index (χ3n) is 2.73. The van der Waals surface area contributed by atoms with Crippen molar-refractivity contribution in [3.05, 3.63) is 53.3 Å². The molecule has 2 rings (SSSR count). The van der Waals surface area contributed by atoms with Crippen LogP contribution in [0.25, 0.3) is 11.1 Å². The van der Waals surface area contributed by atoms with Gasteiger partial charge in [0.1, 0.15) is 5.82 Å². The first kappa shape index (κ1) is 13.5. The van der Waals surface area contributed by atoms with Gasteiger partial charge in [0.05, 0.1) is 11.1 Å². The van der Waals surface area contributed by atoms with E-state index in [0.29, 0.717) is 0 Å². The summed E-state index contributed by atoms with van der Waals surface area (Å²) in [5.41, 5.74) is 5.74. The van der Waals surface area contributed by atoms with Gasteiger partial charge in [-0.1, -0.05) is 0 Å². The van der Waals surface area contributed by atoms with Crippen LogP contribution in [0.5, 0.6) is 0 Å². The Hall–Kier alpha value is -2.89. The Morgan fingerprint density at radius 3 is 2.20 bits per heavy atom. The van der Waals surface area contributed by atoms with Crippen molar-refractivity contribution in [1.29, 1.82) is 0 Å². The maximum Gasteiger partial charge on any atom is 0.335 e. The molecule has 20 heavy (non-hydrogen) atoms.